The Labute approximate surface area is 136 Å². The minimum atomic E-state index is -0.519. The monoisotopic (exact) mass is 331 g/mol. The number of benzene rings is 1. The van der Waals surface area contributed by atoms with Crippen molar-refractivity contribution in [3.63, 3.8) is 0 Å². The van der Waals surface area contributed by atoms with E-state index in [1.807, 2.05) is 0 Å². The van der Waals surface area contributed by atoms with Crippen LogP contribution in [0, 0.1) is 11.8 Å². The van der Waals surface area contributed by atoms with Crippen molar-refractivity contribution < 1.29 is 9.84 Å². The number of likely N-dealkylation sites (tertiary alicyclic amines) is 1. The summed E-state index contributed by atoms with van der Waals surface area (Å²) in [4.78, 5) is 2.32. The molecule has 0 unspecified atom stereocenters. The van der Waals surface area contributed by atoms with Crippen molar-refractivity contribution >= 4 is 23.2 Å². The van der Waals surface area contributed by atoms with E-state index in [-0.39, 0.29) is 6.61 Å². The second-order valence-electron chi connectivity index (χ2n) is 6.20. The van der Waals surface area contributed by atoms with Gasteiger partial charge in [0.25, 0.3) is 0 Å². The van der Waals surface area contributed by atoms with Gasteiger partial charge in [-0.2, -0.15) is 0 Å². The molecule has 0 radical (unpaired) electrons. The number of rotatable bonds is 5. The van der Waals surface area contributed by atoms with Crippen LogP contribution in [0.1, 0.15) is 20.3 Å². The number of hydrogen-bond donors (Lipinski definition) is 1. The summed E-state index contributed by atoms with van der Waals surface area (Å²) in [6, 6.07) is 5.09. The van der Waals surface area contributed by atoms with Crippen molar-refractivity contribution in [2.24, 2.45) is 11.8 Å². The van der Waals surface area contributed by atoms with Crippen molar-refractivity contribution in [3.05, 3.63) is 28.2 Å². The predicted molar refractivity (Wildman–Crippen MR) is 87.3 cm³/mol. The molecule has 1 aliphatic rings. The molecule has 1 aliphatic heterocycles. The molecular formula is C16H23Cl2NO2. The Bertz CT molecular complexity index is 460. The zero-order valence-electron chi connectivity index (χ0n) is 12.6. The highest BCUT2D eigenvalue weighted by Crippen LogP contribution is 2.27. The van der Waals surface area contributed by atoms with Crippen LogP contribution < -0.4 is 4.74 Å². The van der Waals surface area contributed by atoms with Crippen LogP contribution in [0.5, 0.6) is 5.75 Å². The molecule has 1 aromatic rings. The van der Waals surface area contributed by atoms with Gasteiger partial charge in [-0.3, -0.25) is 0 Å². The average Bonchev–Trinajstić information content (AvgIpc) is 2.36. The number of aliphatic hydroxyl groups is 1. The van der Waals surface area contributed by atoms with Crippen molar-refractivity contribution in [1.29, 1.82) is 0 Å². The van der Waals surface area contributed by atoms with E-state index in [1.54, 1.807) is 18.2 Å². The highest BCUT2D eigenvalue weighted by molar-refractivity contribution is 6.35. The second-order valence-corrected chi connectivity index (χ2v) is 7.05. The summed E-state index contributed by atoms with van der Waals surface area (Å²) in [5.74, 6) is 1.93. The van der Waals surface area contributed by atoms with Gasteiger partial charge in [0.15, 0.2) is 0 Å². The van der Waals surface area contributed by atoms with Gasteiger partial charge in [-0.15, -0.1) is 0 Å². The molecule has 2 rings (SSSR count). The smallest absolute Gasteiger partial charge is 0.138 e. The number of ether oxygens (including phenoxy) is 1. The molecular weight excluding hydrogens is 309 g/mol. The topological polar surface area (TPSA) is 32.7 Å². The van der Waals surface area contributed by atoms with Crippen molar-refractivity contribution in [1.82, 2.24) is 4.90 Å². The van der Waals surface area contributed by atoms with Crippen LogP contribution in [-0.2, 0) is 0 Å². The van der Waals surface area contributed by atoms with Gasteiger partial charge in [-0.25, -0.2) is 0 Å². The SMILES string of the molecule is C[C@@H]1C[C@@H](C)CN(C[C@@H](O)COc2ccc(Cl)cc2Cl)C1. The molecule has 1 heterocycles. The Morgan fingerprint density at radius 3 is 2.57 bits per heavy atom. The zero-order chi connectivity index (χ0) is 15.4. The van der Waals surface area contributed by atoms with Crippen molar-refractivity contribution in [3.8, 4) is 5.75 Å². The number of piperidine rings is 1. The summed E-state index contributed by atoms with van der Waals surface area (Å²) in [7, 11) is 0. The normalized spacial score (nSPS) is 24.8. The lowest BCUT2D eigenvalue weighted by atomic mass is 9.92. The van der Waals surface area contributed by atoms with Crippen LogP contribution in [0.25, 0.3) is 0 Å². The zero-order valence-corrected chi connectivity index (χ0v) is 14.1. The molecule has 21 heavy (non-hydrogen) atoms. The van der Waals surface area contributed by atoms with E-state index in [1.165, 1.54) is 6.42 Å². The van der Waals surface area contributed by atoms with Gasteiger partial charge >= 0.3 is 0 Å². The first-order chi connectivity index (χ1) is 9.94. The summed E-state index contributed by atoms with van der Waals surface area (Å²) in [5, 5.41) is 11.2. The Balaban J connectivity index is 1.80. The second kappa shape index (κ2) is 7.68. The first-order valence-corrected chi connectivity index (χ1v) is 8.18. The quantitative estimate of drug-likeness (QED) is 0.892. The van der Waals surface area contributed by atoms with Gasteiger partial charge in [-0.1, -0.05) is 37.0 Å². The van der Waals surface area contributed by atoms with Crippen LogP contribution >= 0.6 is 23.2 Å². The van der Waals surface area contributed by atoms with Gasteiger partial charge in [0.1, 0.15) is 18.5 Å². The third kappa shape index (κ3) is 5.33. The van der Waals surface area contributed by atoms with Crippen molar-refractivity contribution in [2.75, 3.05) is 26.2 Å². The van der Waals surface area contributed by atoms with E-state index in [0.29, 0.717) is 34.2 Å². The molecule has 1 aromatic carbocycles. The van der Waals surface area contributed by atoms with Crippen LogP contribution in [-0.4, -0.2) is 42.4 Å². The highest BCUT2D eigenvalue weighted by Gasteiger charge is 2.23. The lowest BCUT2D eigenvalue weighted by molar-refractivity contribution is 0.0429. The van der Waals surface area contributed by atoms with E-state index >= 15 is 0 Å². The number of halogens is 2. The molecule has 0 aliphatic carbocycles. The molecule has 0 spiro atoms. The Morgan fingerprint density at radius 2 is 1.95 bits per heavy atom. The van der Waals surface area contributed by atoms with Gasteiger partial charge in [0, 0.05) is 24.7 Å². The maximum atomic E-state index is 10.1. The number of hydrogen-bond acceptors (Lipinski definition) is 3. The van der Waals surface area contributed by atoms with E-state index in [0.717, 1.165) is 13.1 Å². The van der Waals surface area contributed by atoms with Crippen LogP contribution in [0.15, 0.2) is 18.2 Å². The number of aliphatic hydroxyl groups excluding tert-OH is 1. The molecule has 5 heteroatoms. The number of β-amino-alcohol motifs (C(OH)–C–C–N with tert-alkyl or cyclic N) is 1. The van der Waals surface area contributed by atoms with E-state index in [2.05, 4.69) is 18.7 Å². The van der Waals surface area contributed by atoms with Crippen molar-refractivity contribution in [2.45, 2.75) is 26.4 Å². The Morgan fingerprint density at radius 1 is 1.29 bits per heavy atom. The summed E-state index contributed by atoms with van der Waals surface area (Å²) in [6.07, 6.45) is 0.748. The molecule has 0 amide bonds. The largest absolute Gasteiger partial charge is 0.489 e. The van der Waals surface area contributed by atoms with Crippen LogP contribution in [0.3, 0.4) is 0 Å². The van der Waals surface area contributed by atoms with Gasteiger partial charge in [0.05, 0.1) is 5.02 Å². The fraction of sp³-hybridized carbons (Fsp3) is 0.625. The summed E-state index contributed by atoms with van der Waals surface area (Å²) in [6.45, 7) is 7.49. The number of nitrogens with zero attached hydrogens (tertiary/aromatic N) is 1. The standard InChI is InChI=1S/C16H23Cl2NO2/c1-11-5-12(2)8-19(7-11)9-14(20)10-21-16-4-3-13(17)6-15(16)18/h3-4,6,11-12,14,20H,5,7-10H2,1-2H3/t11-,12-,14-/m1/s1. The van der Waals surface area contributed by atoms with E-state index in [9.17, 15) is 5.11 Å². The van der Waals surface area contributed by atoms with Crippen LogP contribution in [0.4, 0.5) is 0 Å². The molecule has 0 aromatic heterocycles. The maximum Gasteiger partial charge on any atom is 0.138 e. The molecule has 0 bridgehead atoms. The third-order valence-electron chi connectivity index (χ3n) is 3.74. The van der Waals surface area contributed by atoms with Gasteiger partial charge in [-0.05, 0) is 36.5 Å². The Kier molecular flexibility index (Phi) is 6.18. The molecule has 1 fully saturated rings. The lowest BCUT2D eigenvalue weighted by Crippen LogP contribution is -2.44. The molecule has 0 saturated carbocycles. The molecule has 118 valence electrons. The first kappa shape index (κ1) is 16.9. The fourth-order valence-electron chi connectivity index (χ4n) is 3.07. The first-order valence-electron chi connectivity index (χ1n) is 7.42. The fourth-order valence-corrected chi connectivity index (χ4v) is 3.53. The van der Waals surface area contributed by atoms with E-state index < -0.39 is 6.10 Å². The minimum absolute atomic E-state index is 0.237. The highest BCUT2D eigenvalue weighted by atomic mass is 35.5. The lowest BCUT2D eigenvalue weighted by Gasteiger charge is -2.35. The Hall–Kier alpha value is -0.480. The third-order valence-corrected chi connectivity index (χ3v) is 4.27. The van der Waals surface area contributed by atoms with Gasteiger partial charge < -0.3 is 14.7 Å². The average molecular weight is 332 g/mol. The van der Waals surface area contributed by atoms with E-state index in [4.69, 9.17) is 27.9 Å². The molecule has 3 atom stereocenters. The predicted octanol–water partition coefficient (Wildman–Crippen LogP) is 3.71. The molecule has 1 saturated heterocycles. The summed E-state index contributed by atoms with van der Waals surface area (Å²) in [5.41, 5.74) is 0. The maximum absolute atomic E-state index is 10.1. The molecule has 1 N–H and O–H groups in total. The minimum Gasteiger partial charge on any atom is -0.489 e. The van der Waals surface area contributed by atoms with Gasteiger partial charge in [0.2, 0.25) is 0 Å². The summed E-state index contributed by atoms with van der Waals surface area (Å²) < 4.78 is 5.58. The summed E-state index contributed by atoms with van der Waals surface area (Å²) >= 11 is 11.9. The molecule has 3 nitrogen and oxygen atoms in total. The van der Waals surface area contributed by atoms with Crippen LogP contribution in [0.2, 0.25) is 10.0 Å².